The van der Waals surface area contributed by atoms with Crippen molar-refractivity contribution < 1.29 is 0 Å². The zero-order valence-electron chi connectivity index (χ0n) is 9.24. The standard InChI is InChI=1S/C15H12Cl2/c16-11-5-3-4-10(8-11)14-9-15(17)13-7-2-1-6-12(13)14/h1-8,14-15H,9H2/t14-,15-/m1/s1. The molecule has 0 aliphatic heterocycles. The van der Waals surface area contributed by atoms with Gasteiger partial charge in [-0.15, -0.1) is 11.6 Å². The van der Waals surface area contributed by atoms with Gasteiger partial charge in [-0.05, 0) is 35.2 Å². The van der Waals surface area contributed by atoms with Gasteiger partial charge in [0.05, 0.1) is 5.38 Å². The minimum atomic E-state index is 0.121. The minimum absolute atomic E-state index is 0.121. The summed E-state index contributed by atoms with van der Waals surface area (Å²) < 4.78 is 0. The summed E-state index contributed by atoms with van der Waals surface area (Å²) in [5.41, 5.74) is 3.86. The van der Waals surface area contributed by atoms with Crippen molar-refractivity contribution in [3.8, 4) is 0 Å². The number of fused-ring (bicyclic) bond motifs is 1. The zero-order valence-corrected chi connectivity index (χ0v) is 10.7. The molecule has 0 N–H and O–H groups in total. The molecule has 0 bridgehead atoms. The van der Waals surface area contributed by atoms with Crippen LogP contribution in [0, 0.1) is 0 Å². The normalized spacial score (nSPS) is 22.5. The van der Waals surface area contributed by atoms with E-state index in [9.17, 15) is 0 Å². The molecule has 2 aromatic carbocycles. The largest absolute Gasteiger partial charge is 0.118 e. The van der Waals surface area contributed by atoms with Crippen LogP contribution in [0.2, 0.25) is 5.02 Å². The van der Waals surface area contributed by atoms with Crippen LogP contribution < -0.4 is 0 Å². The summed E-state index contributed by atoms with van der Waals surface area (Å²) in [6.07, 6.45) is 0.960. The van der Waals surface area contributed by atoms with Gasteiger partial charge >= 0.3 is 0 Å². The minimum Gasteiger partial charge on any atom is -0.118 e. The molecule has 17 heavy (non-hydrogen) atoms. The van der Waals surface area contributed by atoms with Crippen molar-refractivity contribution in [3.63, 3.8) is 0 Å². The van der Waals surface area contributed by atoms with Crippen molar-refractivity contribution in [2.24, 2.45) is 0 Å². The predicted molar refractivity (Wildman–Crippen MR) is 72.9 cm³/mol. The second kappa shape index (κ2) is 4.36. The fraction of sp³-hybridized carbons (Fsp3) is 0.200. The molecule has 2 heteroatoms. The van der Waals surface area contributed by atoms with Crippen molar-refractivity contribution in [1.82, 2.24) is 0 Å². The van der Waals surface area contributed by atoms with Gasteiger partial charge in [0.1, 0.15) is 0 Å². The van der Waals surface area contributed by atoms with Crippen LogP contribution in [0.1, 0.15) is 34.4 Å². The highest BCUT2D eigenvalue weighted by atomic mass is 35.5. The molecule has 0 spiro atoms. The van der Waals surface area contributed by atoms with Gasteiger partial charge in [0.15, 0.2) is 0 Å². The first-order valence-electron chi connectivity index (χ1n) is 5.74. The smallest absolute Gasteiger partial charge is 0.0597 e. The van der Waals surface area contributed by atoms with E-state index in [1.54, 1.807) is 0 Å². The number of hydrogen-bond acceptors (Lipinski definition) is 0. The Hall–Kier alpha value is -0.980. The average molecular weight is 263 g/mol. The molecule has 3 rings (SSSR count). The number of halogens is 2. The van der Waals surface area contributed by atoms with Crippen molar-refractivity contribution in [2.45, 2.75) is 17.7 Å². The average Bonchev–Trinajstić information content (AvgIpc) is 2.68. The first kappa shape index (κ1) is 11.1. The van der Waals surface area contributed by atoms with E-state index >= 15 is 0 Å². The van der Waals surface area contributed by atoms with Gasteiger partial charge in [0, 0.05) is 10.9 Å². The van der Waals surface area contributed by atoms with Gasteiger partial charge in [0.25, 0.3) is 0 Å². The molecule has 0 saturated carbocycles. The van der Waals surface area contributed by atoms with Crippen molar-refractivity contribution >= 4 is 23.2 Å². The van der Waals surface area contributed by atoms with Gasteiger partial charge in [-0.1, -0.05) is 48.0 Å². The van der Waals surface area contributed by atoms with Crippen LogP contribution in [0.5, 0.6) is 0 Å². The molecule has 2 aromatic rings. The van der Waals surface area contributed by atoms with E-state index in [4.69, 9.17) is 23.2 Å². The van der Waals surface area contributed by atoms with Gasteiger partial charge < -0.3 is 0 Å². The number of benzene rings is 2. The molecule has 0 heterocycles. The van der Waals surface area contributed by atoms with Gasteiger partial charge in [-0.3, -0.25) is 0 Å². The Balaban J connectivity index is 2.07. The Morgan fingerprint density at radius 1 is 0.941 bits per heavy atom. The first-order chi connectivity index (χ1) is 8.25. The van der Waals surface area contributed by atoms with Crippen LogP contribution in [-0.4, -0.2) is 0 Å². The van der Waals surface area contributed by atoms with Crippen molar-refractivity contribution in [3.05, 3.63) is 70.2 Å². The molecule has 0 saturated heterocycles. The molecule has 1 aliphatic carbocycles. The molecule has 0 unspecified atom stereocenters. The maximum absolute atomic E-state index is 6.39. The van der Waals surface area contributed by atoms with Crippen LogP contribution in [0.25, 0.3) is 0 Å². The van der Waals surface area contributed by atoms with E-state index < -0.39 is 0 Å². The predicted octanol–water partition coefficient (Wildman–Crippen LogP) is 5.16. The van der Waals surface area contributed by atoms with Gasteiger partial charge in [0.2, 0.25) is 0 Å². The van der Waals surface area contributed by atoms with Crippen LogP contribution in [0.15, 0.2) is 48.5 Å². The SMILES string of the molecule is Clc1cccc([C@H]2C[C@@H](Cl)c3ccccc32)c1. The molecule has 0 radical (unpaired) electrons. The molecule has 86 valence electrons. The summed E-state index contributed by atoms with van der Waals surface area (Å²) in [7, 11) is 0. The summed E-state index contributed by atoms with van der Waals surface area (Å²) in [6.45, 7) is 0. The Bertz CT molecular complexity index is 548. The molecular weight excluding hydrogens is 251 g/mol. The maximum atomic E-state index is 6.39. The van der Waals surface area contributed by atoms with Gasteiger partial charge in [-0.25, -0.2) is 0 Å². The van der Waals surface area contributed by atoms with E-state index in [-0.39, 0.29) is 5.38 Å². The summed E-state index contributed by atoms with van der Waals surface area (Å²) in [5, 5.41) is 0.910. The molecule has 0 nitrogen and oxygen atoms in total. The summed E-state index contributed by atoms with van der Waals surface area (Å²) >= 11 is 12.4. The third kappa shape index (κ3) is 1.96. The quantitative estimate of drug-likeness (QED) is 0.624. The van der Waals surface area contributed by atoms with Crippen LogP contribution in [0.3, 0.4) is 0 Å². The van der Waals surface area contributed by atoms with Crippen LogP contribution in [-0.2, 0) is 0 Å². The fourth-order valence-electron chi connectivity index (χ4n) is 2.61. The maximum Gasteiger partial charge on any atom is 0.0597 e. The Morgan fingerprint density at radius 3 is 2.47 bits per heavy atom. The topological polar surface area (TPSA) is 0 Å². The van der Waals surface area contributed by atoms with E-state index in [1.807, 2.05) is 18.2 Å². The lowest BCUT2D eigenvalue weighted by Crippen LogP contribution is -1.95. The molecule has 1 aliphatic rings. The molecule has 2 atom stereocenters. The number of hydrogen-bond donors (Lipinski definition) is 0. The van der Waals surface area contributed by atoms with Gasteiger partial charge in [-0.2, -0.15) is 0 Å². The Morgan fingerprint density at radius 2 is 1.71 bits per heavy atom. The molecule has 0 amide bonds. The van der Waals surface area contributed by atoms with E-state index in [0.29, 0.717) is 5.92 Å². The number of rotatable bonds is 1. The van der Waals surface area contributed by atoms with E-state index in [1.165, 1.54) is 16.7 Å². The lowest BCUT2D eigenvalue weighted by Gasteiger charge is -2.12. The second-order valence-corrected chi connectivity index (χ2v) is 5.40. The first-order valence-corrected chi connectivity index (χ1v) is 6.55. The Labute approximate surface area is 111 Å². The molecule has 0 aromatic heterocycles. The summed E-state index contributed by atoms with van der Waals surface area (Å²) in [5.74, 6) is 0.382. The van der Waals surface area contributed by atoms with Crippen molar-refractivity contribution in [2.75, 3.05) is 0 Å². The zero-order chi connectivity index (χ0) is 11.8. The highest BCUT2D eigenvalue weighted by Gasteiger charge is 2.30. The van der Waals surface area contributed by atoms with E-state index in [0.717, 1.165) is 11.4 Å². The second-order valence-electron chi connectivity index (χ2n) is 4.44. The highest BCUT2D eigenvalue weighted by molar-refractivity contribution is 6.30. The highest BCUT2D eigenvalue weighted by Crippen LogP contribution is 2.47. The molecular formula is C15H12Cl2. The summed E-state index contributed by atoms with van der Waals surface area (Å²) in [4.78, 5) is 0. The third-order valence-corrected chi connectivity index (χ3v) is 4.05. The summed E-state index contributed by atoms with van der Waals surface area (Å²) in [6, 6.07) is 16.5. The molecule has 0 fully saturated rings. The van der Waals surface area contributed by atoms with Crippen LogP contribution >= 0.6 is 23.2 Å². The van der Waals surface area contributed by atoms with Crippen LogP contribution in [0.4, 0.5) is 0 Å². The van der Waals surface area contributed by atoms with E-state index in [2.05, 4.69) is 30.3 Å². The van der Waals surface area contributed by atoms with Crippen molar-refractivity contribution in [1.29, 1.82) is 0 Å². The lowest BCUT2D eigenvalue weighted by molar-refractivity contribution is 0.771. The fourth-order valence-corrected chi connectivity index (χ4v) is 3.19. The Kier molecular flexibility index (Phi) is 2.85. The third-order valence-electron chi connectivity index (χ3n) is 3.40. The monoisotopic (exact) mass is 262 g/mol. The lowest BCUT2D eigenvalue weighted by atomic mass is 9.93. The number of alkyl halides is 1.